The first-order valence-electron chi connectivity index (χ1n) is 5.99. The van der Waals surface area contributed by atoms with E-state index in [0.29, 0.717) is 30.5 Å². The number of hydrogen-bond donors (Lipinski definition) is 2. The number of ether oxygens (including phenoxy) is 3. The second kappa shape index (κ2) is 4.81. The van der Waals surface area contributed by atoms with Gasteiger partial charge in [-0.25, -0.2) is 0 Å². The predicted octanol–water partition coefficient (Wildman–Crippen LogP) is 1.45. The lowest BCUT2D eigenvalue weighted by Gasteiger charge is -2.27. The second-order valence-corrected chi connectivity index (χ2v) is 4.34. The Bertz CT molecular complexity index is 578. The maximum Gasteiger partial charge on any atom is 0.162 e. The predicted molar refractivity (Wildman–Crippen MR) is 70.2 cm³/mol. The molecule has 0 radical (unpaired) electrons. The van der Waals surface area contributed by atoms with Crippen molar-refractivity contribution < 1.29 is 14.2 Å². The number of benzene rings is 1. The van der Waals surface area contributed by atoms with Crippen LogP contribution in [0.15, 0.2) is 24.4 Å². The molecular weight excluding hydrogens is 246 g/mol. The smallest absolute Gasteiger partial charge is 0.162 e. The summed E-state index contributed by atoms with van der Waals surface area (Å²) in [6.45, 7) is 1.22. The fourth-order valence-electron chi connectivity index (χ4n) is 1.92. The topological polar surface area (TPSA) is 82.4 Å². The van der Waals surface area contributed by atoms with Crippen LogP contribution in [0.5, 0.6) is 11.5 Å². The molecule has 2 heterocycles. The van der Waals surface area contributed by atoms with Crippen molar-refractivity contribution in [3.8, 4) is 22.6 Å². The minimum Gasteiger partial charge on any atom is -0.493 e. The summed E-state index contributed by atoms with van der Waals surface area (Å²) in [5.41, 5.74) is 7.60. The first-order chi connectivity index (χ1) is 9.28. The van der Waals surface area contributed by atoms with Crippen molar-refractivity contribution in [1.29, 1.82) is 0 Å². The molecule has 6 heteroatoms. The number of hydrogen-bond acceptors (Lipinski definition) is 5. The summed E-state index contributed by atoms with van der Waals surface area (Å²) in [5, 5.41) is 6.63. The van der Waals surface area contributed by atoms with E-state index in [1.165, 1.54) is 0 Å². The van der Waals surface area contributed by atoms with Crippen molar-refractivity contribution >= 4 is 5.82 Å². The molecule has 6 nitrogen and oxygen atoms in total. The maximum atomic E-state index is 5.83. The normalized spacial score (nSPS) is 15.0. The zero-order valence-electron chi connectivity index (χ0n) is 10.6. The highest BCUT2D eigenvalue weighted by Crippen LogP contribution is 2.35. The Labute approximate surface area is 110 Å². The van der Waals surface area contributed by atoms with Crippen molar-refractivity contribution in [2.24, 2.45) is 0 Å². The lowest BCUT2D eigenvalue weighted by molar-refractivity contribution is -0.0803. The van der Waals surface area contributed by atoms with E-state index in [2.05, 4.69) is 10.2 Å². The van der Waals surface area contributed by atoms with Gasteiger partial charge in [0.1, 0.15) is 11.9 Å². The fraction of sp³-hybridized carbons (Fsp3) is 0.308. The maximum absolute atomic E-state index is 5.83. The van der Waals surface area contributed by atoms with Gasteiger partial charge in [0.15, 0.2) is 11.5 Å². The number of nitrogens with one attached hydrogen (secondary N) is 1. The number of nitrogens with two attached hydrogens (primary N) is 1. The van der Waals surface area contributed by atoms with Crippen molar-refractivity contribution in [1.82, 2.24) is 10.2 Å². The Morgan fingerprint density at radius 3 is 2.79 bits per heavy atom. The average Bonchev–Trinajstić information content (AvgIpc) is 2.80. The van der Waals surface area contributed by atoms with E-state index >= 15 is 0 Å². The number of aromatic nitrogens is 2. The Morgan fingerprint density at radius 1 is 1.37 bits per heavy atom. The summed E-state index contributed by atoms with van der Waals surface area (Å²) < 4.78 is 16.2. The molecule has 0 amide bonds. The number of methoxy groups -OCH3 is 1. The van der Waals surface area contributed by atoms with E-state index in [4.69, 9.17) is 19.9 Å². The van der Waals surface area contributed by atoms with Crippen molar-refractivity contribution in [3.63, 3.8) is 0 Å². The van der Waals surface area contributed by atoms with E-state index in [-0.39, 0.29) is 6.10 Å². The lowest BCUT2D eigenvalue weighted by Crippen LogP contribution is -2.38. The Morgan fingerprint density at radius 2 is 2.21 bits per heavy atom. The van der Waals surface area contributed by atoms with Crippen LogP contribution in [-0.2, 0) is 4.74 Å². The number of aromatic amines is 1. The standard InChI is InChI=1S/C13H15N3O3/c1-17-11-3-2-8(10-5-15-16-13(10)14)4-12(11)19-9-6-18-7-9/h2-5,9H,6-7H2,1H3,(H3,14,15,16). The lowest BCUT2D eigenvalue weighted by atomic mass is 10.1. The number of H-pyrrole nitrogens is 1. The number of nitrogen functional groups attached to an aromatic ring is 1. The second-order valence-electron chi connectivity index (χ2n) is 4.34. The van der Waals surface area contributed by atoms with Crippen LogP contribution in [0.3, 0.4) is 0 Å². The van der Waals surface area contributed by atoms with E-state index < -0.39 is 0 Å². The van der Waals surface area contributed by atoms with E-state index in [0.717, 1.165) is 11.1 Å². The largest absolute Gasteiger partial charge is 0.493 e. The molecule has 1 saturated heterocycles. The zero-order valence-corrected chi connectivity index (χ0v) is 10.6. The van der Waals surface area contributed by atoms with Gasteiger partial charge in [-0.15, -0.1) is 0 Å². The first kappa shape index (κ1) is 11.9. The molecule has 3 rings (SSSR count). The molecule has 3 N–H and O–H groups in total. The summed E-state index contributed by atoms with van der Waals surface area (Å²) in [6, 6.07) is 5.68. The fourth-order valence-corrected chi connectivity index (χ4v) is 1.92. The third-order valence-electron chi connectivity index (χ3n) is 3.04. The zero-order chi connectivity index (χ0) is 13.2. The summed E-state index contributed by atoms with van der Waals surface area (Å²) in [7, 11) is 1.62. The monoisotopic (exact) mass is 261 g/mol. The van der Waals surface area contributed by atoms with Gasteiger partial charge in [-0.05, 0) is 17.7 Å². The first-order valence-corrected chi connectivity index (χ1v) is 5.99. The van der Waals surface area contributed by atoms with E-state index in [9.17, 15) is 0 Å². The van der Waals surface area contributed by atoms with Crippen LogP contribution in [-0.4, -0.2) is 36.6 Å². The van der Waals surface area contributed by atoms with Gasteiger partial charge in [0.25, 0.3) is 0 Å². The average molecular weight is 261 g/mol. The number of nitrogens with zero attached hydrogens (tertiary/aromatic N) is 1. The van der Waals surface area contributed by atoms with Crippen LogP contribution in [0, 0.1) is 0 Å². The molecule has 0 bridgehead atoms. The molecule has 1 aromatic carbocycles. The quantitative estimate of drug-likeness (QED) is 0.870. The van der Waals surface area contributed by atoms with Crippen LogP contribution in [0.2, 0.25) is 0 Å². The summed E-state index contributed by atoms with van der Waals surface area (Å²) in [6.07, 6.45) is 1.78. The third-order valence-corrected chi connectivity index (χ3v) is 3.04. The Kier molecular flexibility index (Phi) is 3.00. The molecule has 0 saturated carbocycles. The molecule has 0 spiro atoms. The minimum atomic E-state index is 0.0887. The van der Waals surface area contributed by atoms with Crippen LogP contribution < -0.4 is 15.2 Å². The van der Waals surface area contributed by atoms with Gasteiger partial charge >= 0.3 is 0 Å². The van der Waals surface area contributed by atoms with Crippen molar-refractivity contribution in [2.45, 2.75) is 6.10 Å². The molecule has 1 aliphatic rings. The molecule has 2 aromatic rings. The molecule has 0 aliphatic carbocycles. The highest BCUT2D eigenvalue weighted by Gasteiger charge is 2.22. The van der Waals surface area contributed by atoms with Gasteiger partial charge in [-0.1, -0.05) is 6.07 Å². The van der Waals surface area contributed by atoms with Crippen LogP contribution in [0.1, 0.15) is 0 Å². The molecule has 1 fully saturated rings. The van der Waals surface area contributed by atoms with Crippen molar-refractivity contribution in [3.05, 3.63) is 24.4 Å². The van der Waals surface area contributed by atoms with Gasteiger partial charge in [0.2, 0.25) is 0 Å². The van der Waals surface area contributed by atoms with Crippen molar-refractivity contribution in [2.75, 3.05) is 26.1 Å². The van der Waals surface area contributed by atoms with Gasteiger partial charge in [0, 0.05) is 5.56 Å². The number of anilines is 1. The SMILES string of the molecule is COc1ccc(-c2cn[nH]c2N)cc1OC1COC1. The van der Waals surface area contributed by atoms with Crippen LogP contribution in [0.4, 0.5) is 5.82 Å². The van der Waals surface area contributed by atoms with Crippen LogP contribution in [0.25, 0.3) is 11.1 Å². The highest BCUT2D eigenvalue weighted by atomic mass is 16.6. The molecule has 1 aliphatic heterocycles. The summed E-state index contributed by atoms with van der Waals surface area (Å²) >= 11 is 0. The third kappa shape index (κ3) is 2.22. The summed E-state index contributed by atoms with van der Waals surface area (Å²) in [5.74, 6) is 1.91. The van der Waals surface area contributed by atoms with Gasteiger partial charge < -0.3 is 19.9 Å². The summed E-state index contributed by atoms with van der Waals surface area (Å²) in [4.78, 5) is 0. The van der Waals surface area contributed by atoms with Gasteiger partial charge in [0.05, 0.1) is 26.5 Å². The van der Waals surface area contributed by atoms with Gasteiger partial charge in [-0.3, -0.25) is 5.10 Å². The Balaban J connectivity index is 1.94. The molecule has 0 atom stereocenters. The molecule has 1 aromatic heterocycles. The molecule has 0 unspecified atom stereocenters. The van der Waals surface area contributed by atoms with E-state index in [1.807, 2.05) is 18.2 Å². The molecule has 19 heavy (non-hydrogen) atoms. The number of rotatable bonds is 4. The van der Waals surface area contributed by atoms with Crippen LogP contribution >= 0.6 is 0 Å². The minimum absolute atomic E-state index is 0.0887. The molecule has 100 valence electrons. The highest BCUT2D eigenvalue weighted by molar-refractivity contribution is 5.75. The Hall–Kier alpha value is -2.21. The van der Waals surface area contributed by atoms with Gasteiger partial charge in [-0.2, -0.15) is 5.10 Å². The van der Waals surface area contributed by atoms with E-state index in [1.54, 1.807) is 13.3 Å². The molecular formula is C13H15N3O3.